The summed E-state index contributed by atoms with van der Waals surface area (Å²) in [7, 11) is 0. The summed E-state index contributed by atoms with van der Waals surface area (Å²) in [6.45, 7) is 2.59. The molecule has 1 saturated carbocycles. The summed E-state index contributed by atoms with van der Waals surface area (Å²) in [6.07, 6.45) is 9.73. The zero-order valence-electron chi connectivity index (χ0n) is 13.0. The van der Waals surface area contributed by atoms with Crippen molar-refractivity contribution in [3.63, 3.8) is 0 Å². The van der Waals surface area contributed by atoms with Gasteiger partial charge in [0.2, 0.25) is 0 Å². The molecule has 2 aliphatic carbocycles. The highest BCUT2D eigenvalue weighted by Gasteiger charge is 2.37. The average Bonchev–Trinajstić information content (AvgIpc) is 2.55. The van der Waals surface area contributed by atoms with Gasteiger partial charge in [-0.1, -0.05) is 43.5 Å². The Morgan fingerprint density at radius 2 is 1.76 bits per heavy atom. The molecule has 0 spiro atoms. The molecule has 1 saturated heterocycles. The van der Waals surface area contributed by atoms with Crippen molar-refractivity contribution in [2.24, 2.45) is 17.6 Å². The first kappa shape index (κ1) is 13.8. The van der Waals surface area contributed by atoms with E-state index in [-0.39, 0.29) is 6.04 Å². The number of rotatable bonds is 1. The lowest BCUT2D eigenvalue weighted by Crippen LogP contribution is -2.51. The van der Waals surface area contributed by atoms with Gasteiger partial charge in [0.1, 0.15) is 0 Å². The van der Waals surface area contributed by atoms with Crippen LogP contribution in [0.15, 0.2) is 24.3 Å². The van der Waals surface area contributed by atoms with Gasteiger partial charge in [0.25, 0.3) is 0 Å². The zero-order valence-corrected chi connectivity index (χ0v) is 13.0. The first-order valence-electron chi connectivity index (χ1n) is 8.90. The molecule has 2 nitrogen and oxygen atoms in total. The Bertz CT molecular complexity index is 498. The molecule has 1 aromatic carbocycles. The Hall–Kier alpha value is -0.860. The van der Waals surface area contributed by atoms with Gasteiger partial charge in [-0.15, -0.1) is 0 Å². The average molecular weight is 284 g/mol. The summed E-state index contributed by atoms with van der Waals surface area (Å²) < 4.78 is 0. The van der Waals surface area contributed by atoms with Crippen LogP contribution in [0.4, 0.5) is 0 Å². The van der Waals surface area contributed by atoms with Gasteiger partial charge in [0.05, 0.1) is 0 Å². The third-order valence-corrected chi connectivity index (χ3v) is 6.33. The van der Waals surface area contributed by atoms with E-state index < -0.39 is 0 Å². The predicted molar refractivity (Wildman–Crippen MR) is 87.1 cm³/mol. The fourth-order valence-corrected chi connectivity index (χ4v) is 5.12. The molecule has 21 heavy (non-hydrogen) atoms. The number of fused-ring (bicyclic) bond motifs is 2. The molecule has 2 fully saturated rings. The molecular formula is C19H28N2. The lowest BCUT2D eigenvalue weighted by atomic mass is 9.74. The first-order valence-corrected chi connectivity index (χ1v) is 8.90. The normalized spacial score (nSPS) is 36.8. The highest BCUT2D eigenvalue weighted by atomic mass is 15.2. The van der Waals surface area contributed by atoms with Crippen LogP contribution in [0.25, 0.3) is 0 Å². The molecule has 2 heteroatoms. The smallest absolute Gasteiger partial charge is 0.0455 e. The third kappa shape index (κ3) is 2.53. The van der Waals surface area contributed by atoms with Crippen LogP contribution in [0, 0.1) is 11.8 Å². The predicted octanol–water partition coefficient (Wildman–Crippen LogP) is 3.51. The monoisotopic (exact) mass is 284 g/mol. The van der Waals surface area contributed by atoms with Crippen molar-refractivity contribution in [3.8, 4) is 0 Å². The second kappa shape index (κ2) is 5.73. The van der Waals surface area contributed by atoms with E-state index >= 15 is 0 Å². The first-order chi connectivity index (χ1) is 10.3. The number of nitrogens with two attached hydrogens (primary N) is 1. The number of benzene rings is 1. The van der Waals surface area contributed by atoms with E-state index in [1.54, 1.807) is 0 Å². The van der Waals surface area contributed by atoms with E-state index in [1.165, 1.54) is 69.2 Å². The largest absolute Gasteiger partial charge is 0.323 e. The summed E-state index contributed by atoms with van der Waals surface area (Å²) in [6, 6.07) is 9.60. The molecule has 4 atom stereocenters. The van der Waals surface area contributed by atoms with Gasteiger partial charge < -0.3 is 5.73 Å². The molecule has 1 aromatic rings. The van der Waals surface area contributed by atoms with E-state index in [0.29, 0.717) is 6.04 Å². The second-order valence-corrected chi connectivity index (χ2v) is 7.42. The highest BCUT2D eigenvalue weighted by Crippen LogP contribution is 2.39. The number of aryl methyl sites for hydroxylation is 1. The van der Waals surface area contributed by atoms with Crippen molar-refractivity contribution < 1.29 is 0 Å². The molecule has 0 radical (unpaired) electrons. The van der Waals surface area contributed by atoms with Crippen LogP contribution in [0.3, 0.4) is 0 Å². The molecular weight excluding hydrogens is 256 g/mol. The molecule has 2 N–H and O–H groups in total. The molecule has 114 valence electrons. The van der Waals surface area contributed by atoms with Gasteiger partial charge in [-0.25, -0.2) is 0 Å². The fourth-order valence-electron chi connectivity index (χ4n) is 5.12. The Labute approximate surface area is 128 Å². The summed E-state index contributed by atoms with van der Waals surface area (Å²) in [5, 5.41) is 0. The second-order valence-electron chi connectivity index (χ2n) is 7.42. The SMILES string of the molecule is NC1c2ccccc2CCC1N1CCC2CCCCC2C1. The minimum Gasteiger partial charge on any atom is -0.323 e. The number of piperidine rings is 1. The number of nitrogens with zero attached hydrogens (tertiary/aromatic N) is 1. The van der Waals surface area contributed by atoms with Gasteiger partial charge in [-0.2, -0.15) is 0 Å². The maximum absolute atomic E-state index is 6.65. The Balaban J connectivity index is 1.50. The molecule has 1 aliphatic heterocycles. The summed E-state index contributed by atoms with van der Waals surface area (Å²) in [5.74, 6) is 1.97. The van der Waals surface area contributed by atoms with E-state index in [1.807, 2.05) is 0 Å². The summed E-state index contributed by atoms with van der Waals surface area (Å²) in [5.41, 5.74) is 9.53. The van der Waals surface area contributed by atoms with Crippen molar-refractivity contribution in [2.75, 3.05) is 13.1 Å². The highest BCUT2D eigenvalue weighted by molar-refractivity contribution is 5.33. The zero-order chi connectivity index (χ0) is 14.2. The standard InChI is InChI=1S/C19H28N2/c20-19-17-8-4-3-6-15(17)9-10-18(19)21-12-11-14-5-1-2-7-16(14)13-21/h3-4,6,8,14,16,18-19H,1-2,5,7,9-13,20H2. The molecule has 1 heterocycles. The van der Waals surface area contributed by atoms with Gasteiger partial charge >= 0.3 is 0 Å². The fraction of sp³-hybridized carbons (Fsp3) is 0.684. The van der Waals surface area contributed by atoms with Crippen molar-refractivity contribution in [2.45, 2.75) is 57.0 Å². The lowest BCUT2D eigenvalue weighted by molar-refractivity contribution is 0.0426. The van der Waals surface area contributed by atoms with Crippen molar-refractivity contribution >= 4 is 0 Å². The summed E-state index contributed by atoms with van der Waals surface area (Å²) >= 11 is 0. The Morgan fingerprint density at radius 3 is 2.67 bits per heavy atom. The van der Waals surface area contributed by atoms with E-state index in [9.17, 15) is 0 Å². The minimum absolute atomic E-state index is 0.218. The van der Waals surface area contributed by atoms with Crippen LogP contribution in [0.5, 0.6) is 0 Å². The van der Waals surface area contributed by atoms with Crippen molar-refractivity contribution in [3.05, 3.63) is 35.4 Å². The molecule has 0 bridgehead atoms. The van der Waals surface area contributed by atoms with Crippen LogP contribution < -0.4 is 5.73 Å². The maximum atomic E-state index is 6.65. The lowest BCUT2D eigenvalue weighted by Gasteiger charge is -2.47. The Kier molecular flexibility index (Phi) is 3.76. The van der Waals surface area contributed by atoms with Crippen LogP contribution in [-0.2, 0) is 6.42 Å². The maximum Gasteiger partial charge on any atom is 0.0455 e. The van der Waals surface area contributed by atoms with E-state index in [2.05, 4.69) is 29.2 Å². The number of hydrogen-bond acceptors (Lipinski definition) is 2. The van der Waals surface area contributed by atoms with Gasteiger partial charge in [0.15, 0.2) is 0 Å². The summed E-state index contributed by atoms with van der Waals surface area (Å²) in [4.78, 5) is 2.74. The van der Waals surface area contributed by atoms with E-state index in [4.69, 9.17) is 5.73 Å². The number of hydrogen-bond donors (Lipinski definition) is 1. The van der Waals surface area contributed by atoms with Gasteiger partial charge in [-0.3, -0.25) is 4.90 Å². The topological polar surface area (TPSA) is 29.3 Å². The third-order valence-electron chi connectivity index (χ3n) is 6.33. The van der Waals surface area contributed by atoms with Crippen LogP contribution in [-0.4, -0.2) is 24.0 Å². The quantitative estimate of drug-likeness (QED) is 0.855. The molecule has 4 rings (SSSR count). The van der Waals surface area contributed by atoms with Gasteiger partial charge in [0, 0.05) is 18.6 Å². The van der Waals surface area contributed by atoms with Crippen LogP contribution in [0.2, 0.25) is 0 Å². The van der Waals surface area contributed by atoms with Crippen LogP contribution >= 0.6 is 0 Å². The minimum atomic E-state index is 0.218. The molecule has 0 aromatic heterocycles. The number of likely N-dealkylation sites (tertiary alicyclic amines) is 1. The van der Waals surface area contributed by atoms with E-state index in [0.717, 1.165) is 11.8 Å². The molecule has 3 aliphatic rings. The molecule has 4 unspecified atom stereocenters. The van der Waals surface area contributed by atoms with Gasteiger partial charge in [-0.05, 0) is 55.2 Å². The Morgan fingerprint density at radius 1 is 0.952 bits per heavy atom. The molecule has 0 amide bonds. The van der Waals surface area contributed by atoms with Crippen molar-refractivity contribution in [1.82, 2.24) is 4.90 Å². The van der Waals surface area contributed by atoms with Crippen molar-refractivity contribution in [1.29, 1.82) is 0 Å². The van der Waals surface area contributed by atoms with Crippen LogP contribution in [0.1, 0.15) is 55.7 Å².